The summed E-state index contributed by atoms with van der Waals surface area (Å²) in [4.78, 5) is 29.2. The summed E-state index contributed by atoms with van der Waals surface area (Å²) in [5, 5.41) is 14.0. The molecule has 1 amide bonds. The number of nitro benzene ring substituents is 1. The van der Waals surface area contributed by atoms with Crippen molar-refractivity contribution in [2.24, 2.45) is 0 Å². The lowest BCUT2D eigenvalue weighted by Gasteiger charge is -2.26. The summed E-state index contributed by atoms with van der Waals surface area (Å²) in [6.07, 6.45) is 0.742. The van der Waals surface area contributed by atoms with Gasteiger partial charge in [-0.3, -0.25) is 24.8 Å². The number of fused-ring (bicyclic) bond motifs is 1. The molecule has 1 N–H and O–H groups in total. The van der Waals surface area contributed by atoms with Gasteiger partial charge >= 0.3 is 0 Å². The van der Waals surface area contributed by atoms with Crippen LogP contribution in [-0.2, 0) is 0 Å². The van der Waals surface area contributed by atoms with Crippen molar-refractivity contribution in [1.29, 1.82) is 0 Å². The summed E-state index contributed by atoms with van der Waals surface area (Å²) in [6, 6.07) is 13.8. The van der Waals surface area contributed by atoms with Crippen LogP contribution in [0.15, 0.2) is 60.8 Å². The molecule has 28 heavy (non-hydrogen) atoms. The average Bonchev–Trinajstić information content (AvgIpc) is 2.96. The number of nitrogens with zero attached hydrogens (tertiary/aromatic N) is 3. The molecule has 0 spiro atoms. The van der Waals surface area contributed by atoms with Crippen LogP contribution in [0.5, 0.6) is 0 Å². The van der Waals surface area contributed by atoms with Gasteiger partial charge in [-0.2, -0.15) is 0 Å². The van der Waals surface area contributed by atoms with Gasteiger partial charge in [0, 0.05) is 24.0 Å². The number of rotatable bonds is 4. The Bertz CT molecular complexity index is 1090. The van der Waals surface area contributed by atoms with Crippen molar-refractivity contribution in [3.8, 4) is 0 Å². The summed E-state index contributed by atoms with van der Waals surface area (Å²) in [5.74, 6) is -0.943. The van der Waals surface area contributed by atoms with E-state index in [0.717, 1.165) is 23.8 Å². The Morgan fingerprint density at radius 3 is 2.64 bits per heavy atom. The van der Waals surface area contributed by atoms with E-state index in [9.17, 15) is 19.3 Å². The van der Waals surface area contributed by atoms with Gasteiger partial charge in [-0.1, -0.05) is 17.7 Å². The number of nitrogens with one attached hydrogen (secondary N) is 1. The fourth-order valence-corrected chi connectivity index (χ4v) is 3.17. The standard InChI is InChI=1S/C20H15FN4O3/c1-12-4-6-13(7-5-12)24-19(18-15(20(24)26)3-2-10-22-18)23-17-11-14(25(27)28)8-9-16(17)21/h2-11,19,23H,1H3/t19-/m0/s1. The molecule has 0 saturated carbocycles. The highest BCUT2D eigenvalue weighted by molar-refractivity contribution is 6.11. The molecule has 8 heteroatoms. The van der Waals surface area contributed by atoms with Crippen molar-refractivity contribution in [2.45, 2.75) is 13.1 Å². The molecule has 1 aliphatic rings. The van der Waals surface area contributed by atoms with Crippen molar-refractivity contribution < 1.29 is 14.1 Å². The molecule has 2 aromatic carbocycles. The van der Waals surface area contributed by atoms with E-state index in [1.165, 1.54) is 4.90 Å². The zero-order valence-corrected chi connectivity index (χ0v) is 14.8. The number of nitro groups is 1. The van der Waals surface area contributed by atoms with Crippen molar-refractivity contribution in [3.63, 3.8) is 0 Å². The molecule has 4 rings (SSSR count). The maximum atomic E-state index is 14.3. The Morgan fingerprint density at radius 1 is 1.18 bits per heavy atom. The van der Waals surface area contributed by atoms with E-state index < -0.39 is 16.9 Å². The number of pyridine rings is 1. The molecule has 140 valence electrons. The Balaban J connectivity index is 1.80. The quantitative estimate of drug-likeness (QED) is 0.543. The van der Waals surface area contributed by atoms with Crippen LogP contribution < -0.4 is 10.2 Å². The first-order valence-corrected chi connectivity index (χ1v) is 8.51. The number of aryl methyl sites for hydroxylation is 1. The molecule has 2 heterocycles. The zero-order chi connectivity index (χ0) is 19.8. The molecule has 0 unspecified atom stereocenters. The van der Waals surface area contributed by atoms with E-state index in [2.05, 4.69) is 10.3 Å². The van der Waals surface area contributed by atoms with Gasteiger partial charge < -0.3 is 5.32 Å². The highest BCUT2D eigenvalue weighted by Crippen LogP contribution is 2.37. The molecule has 3 aromatic rings. The fourth-order valence-electron chi connectivity index (χ4n) is 3.17. The zero-order valence-electron chi connectivity index (χ0n) is 14.8. The van der Waals surface area contributed by atoms with Gasteiger partial charge in [0.25, 0.3) is 11.6 Å². The molecule has 0 radical (unpaired) electrons. The van der Waals surface area contributed by atoms with Gasteiger partial charge in [0.2, 0.25) is 0 Å². The summed E-state index contributed by atoms with van der Waals surface area (Å²) in [5.41, 5.74) is 2.13. The number of non-ortho nitro benzene ring substituents is 1. The maximum absolute atomic E-state index is 14.3. The predicted molar refractivity (Wildman–Crippen MR) is 102 cm³/mol. The SMILES string of the molecule is Cc1ccc(N2C(=O)c3cccnc3[C@H]2Nc2cc([N+](=O)[O-])ccc2F)cc1. The second-order valence-electron chi connectivity index (χ2n) is 6.42. The summed E-state index contributed by atoms with van der Waals surface area (Å²) >= 11 is 0. The van der Waals surface area contributed by atoms with Gasteiger partial charge in [-0.15, -0.1) is 0 Å². The first-order valence-electron chi connectivity index (χ1n) is 8.51. The lowest BCUT2D eigenvalue weighted by Crippen LogP contribution is -2.32. The largest absolute Gasteiger partial charge is 0.357 e. The van der Waals surface area contributed by atoms with Gasteiger partial charge in [0.1, 0.15) is 5.82 Å². The number of carbonyl (C=O) groups excluding carboxylic acids is 1. The highest BCUT2D eigenvalue weighted by Gasteiger charge is 2.39. The third-order valence-electron chi connectivity index (χ3n) is 4.57. The minimum atomic E-state index is -0.803. The van der Waals surface area contributed by atoms with Crippen molar-refractivity contribution in [3.05, 3.63) is 93.5 Å². The van der Waals surface area contributed by atoms with Crippen LogP contribution in [0.2, 0.25) is 0 Å². The summed E-state index contributed by atoms with van der Waals surface area (Å²) in [6.45, 7) is 1.93. The number of hydrogen-bond acceptors (Lipinski definition) is 5. The van der Waals surface area contributed by atoms with Gasteiger partial charge in [-0.05, 0) is 37.3 Å². The lowest BCUT2D eigenvalue weighted by molar-refractivity contribution is -0.384. The molecule has 0 fully saturated rings. The highest BCUT2D eigenvalue weighted by atomic mass is 19.1. The number of benzene rings is 2. The number of hydrogen-bond donors (Lipinski definition) is 1. The molecular formula is C20H15FN4O3. The molecule has 1 aromatic heterocycles. The van der Waals surface area contributed by atoms with Crippen molar-refractivity contribution >= 4 is 23.0 Å². The number of halogens is 1. The smallest absolute Gasteiger partial charge is 0.271 e. The van der Waals surface area contributed by atoms with E-state index in [4.69, 9.17) is 0 Å². The van der Waals surface area contributed by atoms with E-state index in [0.29, 0.717) is 16.9 Å². The normalized spacial score (nSPS) is 15.4. The molecule has 0 saturated heterocycles. The topological polar surface area (TPSA) is 88.4 Å². The van der Waals surface area contributed by atoms with E-state index in [-0.39, 0.29) is 17.3 Å². The van der Waals surface area contributed by atoms with Gasteiger partial charge in [0.05, 0.1) is 21.9 Å². The van der Waals surface area contributed by atoms with E-state index in [1.54, 1.807) is 30.5 Å². The van der Waals surface area contributed by atoms with Crippen LogP contribution in [0.3, 0.4) is 0 Å². The Kier molecular flexibility index (Phi) is 4.23. The van der Waals surface area contributed by atoms with Crippen LogP contribution in [-0.4, -0.2) is 15.8 Å². The van der Waals surface area contributed by atoms with Crippen molar-refractivity contribution in [2.75, 3.05) is 10.2 Å². The first kappa shape index (κ1) is 17.6. The second kappa shape index (κ2) is 6.73. The average molecular weight is 378 g/mol. The van der Waals surface area contributed by atoms with Crippen molar-refractivity contribution in [1.82, 2.24) is 4.98 Å². The minimum Gasteiger partial charge on any atom is -0.357 e. The maximum Gasteiger partial charge on any atom is 0.271 e. The predicted octanol–water partition coefficient (Wildman–Crippen LogP) is 4.21. The van der Waals surface area contributed by atoms with Crippen LogP contribution in [0.1, 0.15) is 27.8 Å². The molecular weight excluding hydrogens is 363 g/mol. The summed E-state index contributed by atoms with van der Waals surface area (Å²) in [7, 11) is 0. The number of amides is 1. The van der Waals surface area contributed by atoms with E-state index >= 15 is 0 Å². The molecule has 7 nitrogen and oxygen atoms in total. The third-order valence-corrected chi connectivity index (χ3v) is 4.57. The molecule has 0 aliphatic carbocycles. The molecule has 1 atom stereocenters. The Morgan fingerprint density at radius 2 is 1.93 bits per heavy atom. The monoisotopic (exact) mass is 378 g/mol. The molecule has 0 bridgehead atoms. The number of anilines is 2. The third kappa shape index (κ3) is 2.94. The van der Waals surface area contributed by atoms with Crippen LogP contribution in [0, 0.1) is 22.9 Å². The fraction of sp³-hybridized carbons (Fsp3) is 0.100. The van der Waals surface area contributed by atoms with Crippen LogP contribution >= 0.6 is 0 Å². The van der Waals surface area contributed by atoms with E-state index in [1.807, 2.05) is 19.1 Å². The number of carbonyl (C=O) groups is 1. The van der Waals surface area contributed by atoms with Gasteiger partial charge in [-0.25, -0.2) is 4.39 Å². The number of aromatic nitrogens is 1. The Hall–Kier alpha value is -3.81. The van der Waals surface area contributed by atoms with Crippen LogP contribution in [0.25, 0.3) is 0 Å². The Labute approximate surface area is 159 Å². The summed E-state index contributed by atoms with van der Waals surface area (Å²) < 4.78 is 14.3. The molecule has 1 aliphatic heterocycles. The van der Waals surface area contributed by atoms with Gasteiger partial charge in [0.15, 0.2) is 6.17 Å². The van der Waals surface area contributed by atoms with Crippen LogP contribution in [0.4, 0.5) is 21.5 Å². The second-order valence-corrected chi connectivity index (χ2v) is 6.42. The lowest BCUT2D eigenvalue weighted by atomic mass is 10.2. The minimum absolute atomic E-state index is 0.0809. The first-order chi connectivity index (χ1) is 13.5.